The third-order valence-electron chi connectivity index (χ3n) is 4.05. The normalized spacial score (nSPS) is 18.0. The number of para-hydroxylation sites is 1. The Morgan fingerprint density at radius 1 is 1.04 bits per heavy atom. The molecule has 1 aliphatic rings. The van der Waals surface area contributed by atoms with Gasteiger partial charge in [-0.25, -0.2) is 20.0 Å². The zero-order valence-corrected chi connectivity index (χ0v) is 16.2. The fourth-order valence-electron chi connectivity index (χ4n) is 2.70. The van der Waals surface area contributed by atoms with E-state index >= 15 is 0 Å². The van der Waals surface area contributed by atoms with Crippen LogP contribution in [-0.2, 0) is 5.79 Å². The number of hydrogen-bond acceptors (Lipinski definition) is 9. The van der Waals surface area contributed by atoms with Crippen LogP contribution in [0.4, 0.5) is 17.3 Å². The van der Waals surface area contributed by atoms with Crippen molar-refractivity contribution in [2.75, 3.05) is 16.6 Å². The quantitative estimate of drug-likeness (QED) is 0.384. The Balaban J connectivity index is 0.00000225. The second kappa shape index (κ2) is 8.36. The van der Waals surface area contributed by atoms with Crippen molar-refractivity contribution < 1.29 is 0 Å². The van der Waals surface area contributed by atoms with Crippen LogP contribution >= 0.6 is 11.8 Å². The standard InChI is InChI=1S/C19H19N7S.H3N/c1-27-18-23-16(22-15-10-6-3-7-11-15)12-17(24-18)26-13-21-19(20,25-26)14-8-4-2-5-9-14;/h2-13,25H,20H2,1H3,(H,22,23,24);1H3. The van der Waals surface area contributed by atoms with Crippen LogP contribution in [0.1, 0.15) is 5.56 Å². The Hall–Kier alpha value is -2.98. The van der Waals surface area contributed by atoms with Crippen LogP contribution in [0.25, 0.3) is 0 Å². The van der Waals surface area contributed by atoms with Crippen molar-refractivity contribution in [3.8, 4) is 0 Å². The molecule has 9 heteroatoms. The molecule has 0 saturated carbocycles. The first-order valence-electron chi connectivity index (χ1n) is 8.38. The summed E-state index contributed by atoms with van der Waals surface area (Å²) in [6.45, 7) is 0. The van der Waals surface area contributed by atoms with Crippen LogP contribution in [0, 0.1) is 0 Å². The number of nitrogens with two attached hydrogens (primary N) is 1. The summed E-state index contributed by atoms with van der Waals surface area (Å²) in [5.41, 5.74) is 11.4. The van der Waals surface area contributed by atoms with Crippen molar-refractivity contribution in [3.05, 3.63) is 72.3 Å². The topological polar surface area (TPSA) is 126 Å². The van der Waals surface area contributed by atoms with Crippen molar-refractivity contribution in [3.63, 3.8) is 0 Å². The Morgan fingerprint density at radius 2 is 1.71 bits per heavy atom. The van der Waals surface area contributed by atoms with E-state index in [4.69, 9.17) is 5.73 Å². The molecule has 1 aromatic heterocycles. The van der Waals surface area contributed by atoms with E-state index in [9.17, 15) is 0 Å². The second-order valence-corrected chi connectivity index (χ2v) is 6.72. The maximum Gasteiger partial charge on any atom is 0.207 e. The lowest BCUT2D eigenvalue weighted by Gasteiger charge is -2.25. The SMILES string of the molecule is CSc1nc(Nc2ccccc2)cc(N2C=NC(N)(c3ccccc3)N2)n1.N. The molecule has 0 amide bonds. The molecular weight excluding hydrogens is 372 g/mol. The van der Waals surface area contributed by atoms with E-state index in [-0.39, 0.29) is 6.15 Å². The molecule has 1 atom stereocenters. The first kappa shape index (κ1) is 19.8. The molecule has 0 aliphatic carbocycles. The van der Waals surface area contributed by atoms with Gasteiger partial charge in [-0.15, -0.1) is 0 Å². The molecule has 0 radical (unpaired) electrons. The average Bonchev–Trinajstić information content (AvgIpc) is 3.13. The lowest BCUT2D eigenvalue weighted by molar-refractivity contribution is 0.397. The number of anilines is 3. The number of hydrogen-bond donors (Lipinski definition) is 4. The summed E-state index contributed by atoms with van der Waals surface area (Å²) in [6.07, 6.45) is 3.58. The summed E-state index contributed by atoms with van der Waals surface area (Å²) in [5.74, 6) is 0.318. The molecule has 1 aliphatic heterocycles. The molecule has 2 aromatic carbocycles. The van der Waals surface area contributed by atoms with Gasteiger partial charge in [-0.05, 0) is 18.4 Å². The van der Waals surface area contributed by atoms with E-state index in [1.807, 2.05) is 73.0 Å². The van der Waals surface area contributed by atoms with Crippen molar-refractivity contribution in [2.24, 2.45) is 10.7 Å². The Morgan fingerprint density at radius 3 is 2.39 bits per heavy atom. The van der Waals surface area contributed by atoms with Gasteiger partial charge in [0.15, 0.2) is 11.0 Å². The van der Waals surface area contributed by atoms with E-state index in [1.54, 1.807) is 11.3 Å². The predicted molar refractivity (Wildman–Crippen MR) is 115 cm³/mol. The van der Waals surface area contributed by atoms with E-state index < -0.39 is 5.79 Å². The number of nitrogens with one attached hydrogen (secondary N) is 2. The van der Waals surface area contributed by atoms with Gasteiger partial charge in [0.05, 0.1) is 0 Å². The lowest BCUT2D eigenvalue weighted by Crippen LogP contribution is -2.51. The average molecular weight is 395 g/mol. The Kier molecular flexibility index (Phi) is 5.90. The Bertz CT molecular complexity index is 951. The zero-order chi connectivity index (χ0) is 18.7. The van der Waals surface area contributed by atoms with Crippen LogP contribution in [0.3, 0.4) is 0 Å². The maximum absolute atomic E-state index is 6.43. The number of aromatic nitrogens is 2. The highest BCUT2D eigenvalue weighted by molar-refractivity contribution is 7.98. The van der Waals surface area contributed by atoms with Crippen molar-refractivity contribution >= 4 is 35.4 Å². The Labute approximate surface area is 167 Å². The highest BCUT2D eigenvalue weighted by atomic mass is 32.2. The van der Waals surface area contributed by atoms with Crippen molar-refractivity contribution in [2.45, 2.75) is 10.9 Å². The van der Waals surface area contributed by atoms with Gasteiger partial charge in [-0.1, -0.05) is 60.3 Å². The predicted octanol–water partition coefficient (Wildman–Crippen LogP) is 3.23. The lowest BCUT2D eigenvalue weighted by atomic mass is 10.1. The first-order chi connectivity index (χ1) is 13.2. The number of hydrazine groups is 1. The molecule has 2 heterocycles. The van der Waals surface area contributed by atoms with Gasteiger partial charge in [0.2, 0.25) is 5.79 Å². The fraction of sp³-hybridized carbons (Fsp3) is 0.105. The van der Waals surface area contributed by atoms with Crippen LogP contribution in [-0.4, -0.2) is 22.6 Å². The van der Waals surface area contributed by atoms with Gasteiger partial charge in [0.25, 0.3) is 0 Å². The number of benzene rings is 2. The molecule has 7 N–H and O–H groups in total. The van der Waals surface area contributed by atoms with E-state index in [2.05, 4.69) is 25.7 Å². The summed E-state index contributed by atoms with van der Waals surface area (Å²) >= 11 is 1.47. The van der Waals surface area contributed by atoms with Crippen LogP contribution < -0.4 is 27.6 Å². The molecule has 1 unspecified atom stereocenters. The molecular formula is C19H22N8S. The summed E-state index contributed by atoms with van der Waals surface area (Å²) in [4.78, 5) is 13.5. The highest BCUT2D eigenvalue weighted by Crippen LogP contribution is 2.26. The van der Waals surface area contributed by atoms with Gasteiger partial charge < -0.3 is 11.5 Å². The number of nitrogens with zero attached hydrogens (tertiary/aromatic N) is 4. The second-order valence-electron chi connectivity index (χ2n) is 5.95. The fourth-order valence-corrected chi connectivity index (χ4v) is 3.07. The minimum atomic E-state index is -1.03. The van der Waals surface area contributed by atoms with E-state index in [0.717, 1.165) is 11.3 Å². The minimum absolute atomic E-state index is 0. The largest absolute Gasteiger partial charge is 0.344 e. The van der Waals surface area contributed by atoms with Gasteiger partial charge in [0.1, 0.15) is 12.2 Å². The van der Waals surface area contributed by atoms with Crippen molar-refractivity contribution in [1.29, 1.82) is 0 Å². The molecule has 0 bridgehead atoms. The number of aliphatic imine (C=N–C) groups is 1. The summed E-state index contributed by atoms with van der Waals surface area (Å²) < 4.78 is 0. The molecule has 0 spiro atoms. The molecule has 0 fully saturated rings. The van der Waals surface area contributed by atoms with Gasteiger partial charge in [0, 0.05) is 17.3 Å². The van der Waals surface area contributed by atoms with Gasteiger partial charge >= 0.3 is 0 Å². The summed E-state index contributed by atoms with van der Waals surface area (Å²) in [6, 6.07) is 21.4. The van der Waals surface area contributed by atoms with Gasteiger partial charge in [-0.3, -0.25) is 5.73 Å². The van der Waals surface area contributed by atoms with E-state index in [1.165, 1.54) is 11.8 Å². The summed E-state index contributed by atoms with van der Waals surface area (Å²) in [7, 11) is 0. The zero-order valence-electron chi connectivity index (χ0n) is 15.4. The number of thioether (sulfide) groups is 1. The smallest absolute Gasteiger partial charge is 0.207 e. The molecule has 144 valence electrons. The first-order valence-corrected chi connectivity index (χ1v) is 9.61. The summed E-state index contributed by atoms with van der Waals surface area (Å²) in [5, 5.41) is 5.66. The van der Waals surface area contributed by atoms with Crippen molar-refractivity contribution in [1.82, 2.24) is 21.5 Å². The van der Waals surface area contributed by atoms with E-state index in [0.29, 0.717) is 16.8 Å². The molecule has 8 nitrogen and oxygen atoms in total. The van der Waals surface area contributed by atoms with Crippen LogP contribution in [0.5, 0.6) is 0 Å². The van der Waals surface area contributed by atoms with Crippen LogP contribution in [0.2, 0.25) is 0 Å². The monoisotopic (exact) mass is 394 g/mol. The maximum atomic E-state index is 6.43. The molecule has 0 saturated heterocycles. The van der Waals surface area contributed by atoms with Gasteiger partial charge in [-0.2, -0.15) is 5.43 Å². The number of rotatable bonds is 5. The highest BCUT2D eigenvalue weighted by Gasteiger charge is 2.33. The minimum Gasteiger partial charge on any atom is -0.344 e. The molecule has 4 rings (SSSR count). The molecule has 3 aromatic rings. The molecule has 28 heavy (non-hydrogen) atoms. The van der Waals surface area contributed by atoms with Crippen LogP contribution in [0.15, 0.2) is 76.9 Å². The third-order valence-corrected chi connectivity index (χ3v) is 4.60. The third kappa shape index (κ3) is 4.12.